The van der Waals surface area contributed by atoms with Crippen LogP contribution in [0.3, 0.4) is 0 Å². The Bertz CT molecular complexity index is 710. The molecule has 0 aliphatic heterocycles. The first kappa shape index (κ1) is 16.3. The number of anilines is 1. The molecule has 0 amide bonds. The van der Waals surface area contributed by atoms with Crippen molar-refractivity contribution in [2.24, 2.45) is 5.16 Å². The van der Waals surface area contributed by atoms with Crippen LogP contribution in [0.2, 0.25) is 5.02 Å². The van der Waals surface area contributed by atoms with Crippen molar-refractivity contribution in [3.63, 3.8) is 0 Å². The molecule has 0 atom stereocenters. The fourth-order valence-corrected chi connectivity index (χ4v) is 2.23. The fourth-order valence-electron chi connectivity index (χ4n) is 1.73. The highest BCUT2D eigenvalue weighted by atomic mass is 35.5. The van der Waals surface area contributed by atoms with Crippen LogP contribution in [0.1, 0.15) is 16.9 Å². The fraction of sp³-hybridized carbons (Fsp3) is 0.125. The number of aryl methyl sites for hydroxylation is 1. The number of halogens is 1. The van der Waals surface area contributed by atoms with Crippen molar-refractivity contribution < 1.29 is 9.25 Å². The first-order valence-electron chi connectivity index (χ1n) is 6.53. The molecule has 0 radical (unpaired) electrons. The van der Waals surface area contributed by atoms with Gasteiger partial charge in [-0.2, -0.15) is 0 Å². The van der Waals surface area contributed by atoms with E-state index in [1.165, 1.54) is 0 Å². The van der Waals surface area contributed by atoms with E-state index in [1.54, 1.807) is 24.6 Å². The molecular weight excluding hydrogens is 320 g/mol. The van der Waals surface area contributed by atoms with E-state index in [1.807, 2.05) is 25.1 Å². The minimum atomic E-state index is 0.343. The Balaban J connectivity index is 2.12. The molecule has 0 unspecified atom stereocenters. The number of rotatable bonds is 6. The molecule has 2 aromatic rings. The van der Waals surface area contributed by atoms with Crippen molar-refractivity contribution >= 4 is 40.7 Å². The molecule has 0 fully saturated rings. The van der Waals surface area contributed by atoms with Crippen molar-refractivity contribution in [3.05, 3.63) is 65.1 Å². The highest BCUT2D eigenvalue weighted by Gasteiger charge is 2.08. The highest BCUT2D eigenvalue weighted by Crippen LogP contribution is 2.20. The van der Waals surface area contributed by atoms with Gasteiger partial charge in [0, 0.05) is 16.3 Å². The molecule has 0 spiro atoms. The first-order chi connectivity index (χ1) is 10.6. The van der Waals surface area contributed by atoms with Gasteiger partial charge in [0.1, 0.15) is 17.4 Å². The molecule has 114 valence electrons. The summed E-state index contributed by atoms with van der Waals surface area (Å²) in [6.07, 6.45) is 4.77. The van der Waals surface area contributed by atoms with E-state index in [-0.39, 0.29) is 0 Å². The number of hydrogen-bond donors (Lipinski definition) is 1. The van der Waals surface area contributed by atoms with Crippen molar-refractivity contribution in [2.75, 3.05) is 11.9 Å². The summed E-state index contributed by atoms with van der Waals surface area (Å²) in [5.41, 5.74) is 2.39. The van der Waals surface area contributed by atoms with Gasteiger partial charge in [0.05, 0.1) is 18.0 Å². The lowest BCUT2D eigenvalue weighted by Gasteiger charge is -2.08. The van der Waals surface area contributed by atoms with Crippen LogP contribution in [0.4, 0.5) is 5.69 Å². The second kappa shape index (κ2) is 7.77. The Morgan fingerprint density at radius 3 is 3.00 bits per heavy atom. The first-order valence-corrected chi connectivity index (χ1v) is 7.31. The number of nitrogens with one attached hydrogen (secondary N) is 1. The maximum atomic E-state index is 6.13. The molecule has 1 heterocycles. The van der Waals surface area contributed by atoms with Crippen molar-refractivity contribution in [1.82, 2.24) is 0 Å². The maximum Gasteiger partial charge on any atom is 0.135 e. The molecule has 1 aromatic carbocycles. The normalized spacial score (nSPS) is 10.6. The molecule has 0 aliphatic carbocycles. The van der Waals surface area contributed by atoms with Gasteiger partial charge in [0.25, 0.3) is 0 Å². The minimum absolute atomic E-state index is 0.343. The molecule has 22 heavy (non-hydrogen) atoms. The molecule has 4 nitrogen and oxygen atoms in total. The van der Waals surface area contributed by atoms with Crippen molar-refractivity contribution in [2.45, 2.75) is 6.92 Å². The molecule has 1 N–H and O–H groups in total. The second-order valence-corrected chi connectivity index (χ2v) is 5.22. The van der Waals surface area contributed by atoms with E-state index < -0.39 is 0 Å². The summed E-state index contributed by atoms with van der Waals surface area (Å²) in [5, 5.41) is 7.54. The van der Waals surface area contributed by atoms with Gasteiger partial charge in [0.2, 0.25) is 0 Å². The predicted octanol–water partition coefficient (Wildman–Crippen LogP) is 4.57. The number of oxime groups is 1. The lowest BCUT2D eigenvalue weighted by Crippen LogP contribution is -2.10. The summed E-state index contributed by atoms with van der Waals surface area (Å²) < 4.78 is 5.25. The number of benzene rings is 1. The van der Waals surface area contributed by atoms with E-state index >= 15 is 0 Å². The van der Waals surface area contributed by atoms with Gasteiger partial charge >= 0.3 is 0 Å². The van der Waals surface area contributed by atoms with Crippen LogP contribution in [0.5, 0.6) is 0 Å². The SMILES string of the molecule is C=CCO/N=C/c1cc(NC(=S)c2ccoc2C)ccc1Cl. The third-order valence-electron chi connectivity index (χ3n) is 2.82. The van der Waals surface area contributed by atoms with Gasteiger partial charge in [-0.25, -0.2) is 0 Å². The van der Waals surface area contributed by atoms with Crippen LogP contribution in [0, 0.1) is 6.92 Å². The molecule has 0 saturated heterocycles. The predicted molar refractivity (Wildman–Crippen MR) is 94.0 cm³/mol. The summed E-state index contributed by atoms with van der Waals surface area (Å²) in [5.74, 6) is 0.770. The van der Waals surface area contributed by atoms with Crippen LogP contribution >= 0.6 is 23.8 Å². The average molecular weight is 335 g/mol. The Kier molecular flexibility index (Phi) is 5.75. The zero-order valence-corrected chi connectivity index (χ0v) is 13.6. The van der Waals surface area contributed by atoms with Gasteiger partial charge in [-0.05, 0) is 31.2 Å². The number of thiocarbonyl (C=S) groups is 1. The lowest BCUT2D eigenvalue weighted by atomic mass is 10.2. The van der Waals surface area contributed by atoms with Crippen LogP contribution in [0.15, 0.2) is 52.8 Å². The van der Waals surface area contributed by atoms with E-state index in [4.69, 9.17) is 33.1 Å². The van der Waals surface area contributed by atoms with Crippen molar-refractivity contribution in [3.8, 4) is 0 Å². The van der Waals surface area contributed by atoms with E-state index in [0.29, 0.717) is 16.6 Å². The molecule has 0 aliphatic rings. The zero-order valence-electron chi connectivity index (χ0n) is 12.0. The lowest BCUT2D eigenvalue weighted by molar-refractivity contribution is 0.176. The van der Waals surface area contributed by atoms with Crippen LogP contribution < -0.4 is 5.32 Å². The largest absolute Gasteiger partial charge is 0.469 e. The maximum absolute atomic E-state index is 6.13. The third kappa shape index (κ3) is 4.19. The quantitative estimate of drug-likeness (QED) is 0.276. The average Bonchev–Trinajstić information content (AvgIpc) is 2.93. The molecule has 1 aromatic heterocycles. The molecule has 6 heteroatoms. The molecular formula is C16H15ClN2O2S. The molecule has 0 bridgehead atoms. The summed E-state index contributed by atoms with van der Waals surface area (Å²) in [4.78, 5) is 5.55. The summed E-state index contributed by atoms with van der Waals surface area (Å²) in [6.45, 7) is 5.75. The highest BCUT2D eigenvalue weighted by molar-refractivity contribution is 7.81. The van der Waals surface area contributed by atoms with E-state index in [2.05, 4.69) is 17.1 Å². The third-order valence-corrected chi connectivity index (χ3v) is 3.48. The van der Waals surface area contributed by atoms with Crippen molar-refractivity contribution in [1.29, 1.82) is 0 Å². The van der Waals surface area contributed by atoms with E-state index in [0.717, 1.165) is 22.6 Å². The number of hydrogen-bond acceptors (Lipinski definition) is 4. The van der Waals surface area contributed by atoms with Gasteiger partial charge < -0.3 is 14.6 Å². The van der Waals surface area contributed by atoms with Gasteiger partial charge in [-0.1, -0.05) is 41.6 Å². The van der Waals surface area contributed by atoms with Crippen LogP contribution in [0.25, 0.3) is 0 Å². The smallest absolute Gasteiger partial charge is 0.135 e. The second-order valence-electron chi connectivity index (χ2n) is 4.40. The Morgan fingerprint density at radius 1 is 1.50 bits per heavy atom. The summed E-state index contributed by atoms with van der Waals surface area (Å²) >= 11 is 11.5. The van der Waals surface area contributed by atoms with Crippen LogP contribution in [-0.2, 0) is 4.84 Å². The van der Waals surface area contributed by atoms with Crippen LogP contribution in [-0.4, -0.2) is 17.8 Å². The molecule has 2 rings (SSSR count). The standard InChI is InChI=1S/C16H15ClN2O2S/c1-3-7-21-18-10-12-9-13(4-5-15(12)17)19-16(22)14-6-8-20-11(14)2/h3-6,8-10H,1,7H2,2H3,(H,19,22)/b18-10+. The Hall–Kier alpha value is -2.11. The van der Waals surface area contributed by atoms with Gasteiger partial charge in [-0.15, -0.1) is 0 Å². The van der Waals surface area contributed by atoms with Gasteiger partial charge in [-0.3, -0.25) is 0 Å². The molecule has 0 saturated carbocycles. The van der Waals surface area contributed by atoms with Gasteiger partial charge in [0.15, 0.2) is 0 Å². The Morgan fingerprint density at radius 2 is 2.32 bits per heavy atom. The number of nitrogens with zero attached hydrogens (tertiary/aromatic N) is 1. The zero-order chi connectivity index (χ0) is 15.9. The monoisotopic (exact) mass is 334 g/mol. The van der Waals surface area contributed by atoms with E-state index in [9.17, 15) is 0 Å². The topological polar surface area (TPSA) is 46.8 Å². The summed E-state index contributed by atoms with van der Waals surface area (Å²) in [7, 11) is 0. The number of furan rings is 1. The Labute approximate surface area is 139 Å². The summed E-state index contributed by atoms with van der Waals surface area (Å²) in [6, 6.07) is 7.27. The minimum Gasteiger partial charge on any atom is -0.469 e.